The van der Waals surface area contributed by atoms with Crippen molar-refractivity contribution in [2.24, 2.45) is 0 Å². The number of carbonyl (C=O) groups is 2. The van der Waals surface area contributed by atoms with Crippen LogP contribution in [0.1, 0.15) is 10.4 Å². The topological polar surface area (TPSA) is 55.8 Å². The Kier molecular flexibility index (Phi) is 4.41. The van der Waals surface area contributed by atoms with Gasteiger partial charge in [-0.1, -0.05) is 0 Å². The SMILES string of the molecule is COCCOCCN1C(=O)C(=O)c2c(F)cc(F)cc21. The Hall–Kier alpha value is -1.86. The first-order valence-electron chi connectivity index (χ1n) is 5.98. The zero-order valence-electron chi connectivity index (χ0n) is 10.8. The number of hydrogen-bond donors (Lipinski definition) is 0. The van der Waals surface area contributed by atoms with Gasteiger partial charge in [0.1, 0.15) is 11.6 Å². The number of methoxy groups -OCH3 is 1. The molecular weight excluding hydrogens is 272 g/mol. The molecule has 0 aromatic heterocycles. The van der Waals surface area contributed by atoms with Crippen LogP contribution in [0.25, 0.3) is 0 Å². The van der Waals surface area contributed by atoms with Gasteiger partial charge in [-0.15, -0.1) is 0 Å². The van der Waals surface area contributed by atoms with Crippen LogP contribution < -0.4 is 4.90 Å². The van der Waals surface area contributed by atoms with Gasteiger partial charge in [0.05, 0.1) is 31.1 Å². The minimum atomic E-state index is -1.03. The molecule has 1 aromatic rings. The summed E-state index contributed by atoms with van der Waals surface area (Å²) < 4.78 is 36.7. The van der Waals surface area contributed by atoms with Gasteiger partial charge < -0.3 is 14.4 Å². The predicted octanol–water partition coefficient (Wildman–Crippen LogP) is 1.16. The molecule has 1 heterocycles. The van der Waals surface area contributed by atoms with Crippen LogP contribution in [-0.2, 0) is 14.3 Å². The fourth-order valence-electron chi connectivity index (χ4n) is 1.96. The summed E-state index contributed by atoms with van der Waals surface area (Å²) in [7, 11) is 1.52. The van der Waals surface area contributed by atoms with Gasteiger partial charge in [0, 0.05) is 19.7 Å². The summed E-state index contributed by atoms with van der Waals surface area (Å²) in [5.41, 5.74) is -0.430. The highest BCUT2D eigenvalue weighted by Gasteiger charge is 2.38. The number of hydrogen-bond acceptors (Lipinski definition) is 4. The Morgan fingerprint density at radius 2 is 1.90 bits per heavy atom. The maximum Gasteiger partial charge on any atom is 0.299 e. The monoisotopic (exact) mass is 285 g/mol. The zero-order valence-corrected chi connectivity index (χ0v) is 10.8. The molecule has 1 amide bonds. The van der Waals surface area contributed by atoms with Crippen molar-refractivity contribution >= 4 is 17.4 Å². The van der Waals surface area contributed by atoms with Gasteiger partial charge in [-0.2, -0.15) is 0 Å². The Morgan fingerprint density at radius 1 is 1.15 bits per heavy atom. The molecule has 1 aromatic carbocycles. The van der Waals surface area contributed by atoms with Gasteiger partial charge in [0.2, 0.25) is 0 Å². The maximum atomic E-state index is 13.5. The van der Waals surface area contributed by atoms with Crippen molar-refractivity contribution in [3.8, 4) is 0 Å². The van der Waals surface area contributed by atoms with Crippen molar-refractivity contribution in [3.05, 3.63) is 29.3 Å². The third kappa shape index (κ3) is 2.68. The molecule has 7 heteroatoms. The molecule has 0 saturated carbocycles. The fraction of sp³-hybridized carbons (Fsp3) is 0.385. The van der Waals surface area contributed by atoms with Crippen molar-refractivity contribution in [3.63, 3.8) is 0 Å². The lowest BCUT2D eigenvalue weighted by molar-refractivity contribution is -0.114. The van der Waals surface area contributed by atoms with Crippen LogP contribution in [0, 0.1) is 11.6 Å². The molecule has 0 atom stereocenters. The molecule has 20 heavy (non-hydrogen) atoms. The summed E-state index contributed by atoms with van der Waals surface area (Å²) in [4.78, 5) is 24.4. The summed E-state index contributed by atoms with van der Waals surface area (Å²) >= 11 is 0. The molecule has 0 fully saturated rings. The molecular formula is C13H13F2NO4. The lowest BCUT2D eigenvalue weighted by Crippen LogP contribution is -2.33. The number of rotatable bonds is 6. The highest BCUT2D eigenvalue weighted by molar-refractivity contribution is 6.52. The van der Waals surface area contributed by atoms with Crippen LogP contribution in [0.4, 0.5) is 14.5 Å². The number of anilines is 1. The number of fused-ring (bicyclic) bond motifs is 1. The molecule has 0 bridgehead atoms. The Labute approximate surface area is 114 Å². The Morgan fingerprint density at radius 3 is 2.60 bits per heavy atom. The van der Waals surface area contributed by atoms with Crippen molar-refractivity contribution in [2.45, 2.75) is 0 Å². The molecule has 0 radical (unpaired) electrons. The number of amides is 1. The second kappa shape index (κ2) is 6.06. The van der Waals surface area contributed by atoms with E-state index in [4.69, 9.17) is 9.47 Å². The molecule has 0 aliphatic carbocycles. The summed E-state index contributed by atoms with van der Waals surface area (Å²) in [5.74, 6) is -3.70. The first kappa shape index (κ1) is 14.5. The average Bonchev–Trinajstić information content (AvgIpc) is 2.63. The van der Waals surface area contributed by atoms with Crippen LogP contribution >= 0.6 is 0 Å². The molecule has 0 N–H and O–H groups in total. The molecule has 108 valence electrons. The molecule has 0 spiro atoms. The van der Waals surface area contributed by atoms with E-state index in [2.05, 4.69) is 0 Å². The normalized spacial score (nSPS) is 14.1. The molecule has 0 saturated heterocycles. The van der Waals surface area contributed by atoms with E-state index in [1.54, 1.807) is 0 Å². The van der Waals surface area contributed by atoms with Crippen molar-refractivity contribution in [1.82, 2.24) is 0 Å². The second-order valence-electron chi connectivity index (χ2n) is 4.17. The van der Waals surface area contributed by atoms with E-state index in [-0.39, 0.29) is 24.4 Å². The minimum Gasteiger partial charge on any atom is -0.382 e. The summed E-state index contributed by atoms with van der Waals surface area (Å²) in [6.07, 6.45) is 0. The lowest BCUT2D eigenvalue weighted by atomic mass is 10.1. The molecule has 2 rings (SSSR count). The zero-order chi connectivity index (χ0) is 14.7. The molecule has 1 aliphatic rings. The van der Waals surface area contributed by atoms with Gasteiger partial charge in [-0.25, -0.2) is 8.78 Å². The van der Waals surface area contributed by atoms with Gasteiger partial charge in [0.15, 0.2) is 0 Å². The van der Waals surface area contributed by atoms with Crippen molar-refractivity contribution in [2.75, 3.05) is 38.4 Å². The van der Waals surface area contributed by atoms with Crippen LogP contribution in [0.3, 0.4) is 0 Å². The quantitative estimate of drug-likeness (QED) is 0.581. The third-order valence-electron chi connectivity index (χ3n) is 2.88. The van der Waals surface area contributed by atoms with Gasteiger partial charge in [-0.3, -0.25) is 9.59 Å². The molecule has 5 nitrogen and oxygen atoms in total. The first-order valence-corrected chi connectivity index (χ1v) is 5.98. The second-order valence-corrected chi connectivity index (χ2v) is 4.17. The van der Waals surface area contributed by atoms with Crippen molar-refractivity contribution in [1.29, 1.82) is 0 Å². The number of benzene rings is 1. The largest absolute Gasteiger partial charge is 0.382 e. The lowest BCUT2D eigenvalue weighted by Gasteiger charge is -2.16. The van der Waals surface area contributed by atoms with Gasteiger partial charge in [0.25, 0.3) is 11.7 Å². The van der Waals surface area contributed by atoms with E-state index < -0.39 is 23.3 Å². The fourth-order valence-corrected chi connectivity index (χ4v) is 1.96. The van der Waals surface area contributed by atoms with E-state index in [1.165, 1.54) is 7.11 Å². The third-order valence-corrected chi connectivity index (χ3v) is 2.88. The first-order chi connectivity index (χ1) is 9.56. The number of ether oxygens (including phenoxy) is 2. The van der Waals surface area contributed by atoms with E-state index in [9.17, 15) is 18.4 Å². The van der Waals surface area contributed by atoms with E-state index in [1.807, 2.05) is 0 Å². The van der Waals surface area contributed by atoms with E-state index >= 15 is 0 Å². The van der Waals surface area contributed by atoms with E-state index in [0.29, 0.717) is 19.3 Å². The highest BCUT2D eigenvalue weighted by atomic mass is 19.1. The predicted molar refractivity (Wildman–Crippen MR) is 65.7 cm³/mol. The number of ketones is 1. The van der Waals surface area contributed by atoms with Crippen LogP contribution in [-0.4, -0.2) is 45.2 Å². The van der Waals surface area contributed by atoms with Crippen LogP contribution in [0.2, 0.25) is 0 Å². The number of carbonyl (C=O) groups excluding carboxylic acids is 2. The summed E-state index contributed by atoms with van der Waals surface area (Å²) in [5, 5.41) is 0. The number of nitrogens with zero attached hydrogens (tertiary/aromatic N) is 1. The van der Waals surface area contributed by atoms with Crippen molar-refractivity contribution < 1.29 is 27.8 Å². The van der Waals surface area contributed by atoms with Gasteiger partial charge >= 0.3 is 0 Å². The standard InChI is InChI=1S/C13H13F2NO4/c1-19-4-5-20-3-2-16-10-7-8(14)6-9(15)11(10)12(17)13(16)18/h6-7H,2-5H2,1H3. The smallest absolute Gasteiger partial charge is 0.299 e. The van der Waals surface area contributed by atoms with Gasteiger partial charge in [-0.05, 0) is 6.07 Å². The molecule has 1 aliphatic heterocycles. The molecule has 0 unspecified atom stereocenters. The number of Topliss-reactive ketones (excluding diaryl/α,β-unsaturated/α-hetero) is 1. The average molecular weight is 285 g/mol. The maximum absolute atomic E-state index is 13.5. The van der Waals surface area contributed by atoms with Crippen LogP contribution in [0.15, 0.2) is 12.1 Å². The van der Waals surface area contributed by atoms with E-state index in [0.717, 1.165) is 11.0 Å². The van der Waals surface area contributed by atoms with Crippen LogP contribution in [0.5, 0.6) is 0 Å². The number of halogens is 2. The summed E-state index contributed by atoms with van der Waals surface area (Å²) in [6, 6.07) is 1.55. The summed E-state index contributed by atoms with van der Waals surface area (Å²) in [6.45, 7) is 0.910. The Balaban J connectivity index is 2.12. The Bertz CT molecular complexity index is 547. The highest BCUT2D eigenvalue weighted by Crippen LogP contribution is 2.31. The minimum absolute atomic E-state index is 0.0458.